The Morgan fingerprint density at radius 2 is 1.72 bits per heavy atom. The number of hydrogen-bond donors (Lipinski definition) is 1. The molecule has 1 aliphatic rings. The molecule has 0 radical (unpaired) electrons. The van der Waals surface area contributed by atoms with E-state index in [1.54, 1.807) is 33.5 Å². The summed E-state index contributed by atoms with van der Waals surface area (Å²) in [6.07, 6.45) is 0. The number of urea groups is 1. The second kappa shape index (κ2) is 9.71. The molecular weight excluding hydrogens is 394 g/mol. The molecule has 29 heavy (non-hydrogen) atoms. The number of ether oxygens (including phenoxy) is 3. The molecule has 2 aromatic rings. The lowest BCUT2D eigenvalue weighted by atomic mass is 10.1. The molecule has 8 heteroatoms. The third-order valence-corrected chi connectivity index (χ3v) is 5.15. The van der Waals surface area contributed by atoms with E-state index in [-0.39, 0.29) is 6.03 Å². The van der Waals surface area contributed by atoms with Crippen molar-refractivity contribution in [2.75, 3.05) is 52.8 Å². The Morgan fingerprint density at radius 1 is 1.00 bits per heavy atom. The summed E-state index contributed by atoms with van der Waals surface area (Å²) in [5.74, 6) is 1.90. The van der Waals surface area contributed by atoms with Gasteiger partial charge in [0.2, 0.25) is 5.75 Å². The number of carbonyl (C=O) groups excluding carboxylic acids is 1. The normalized spacial score (nSPS) is 14.4. The summed E-state index contributed by atoms with van der Waals surface area (Å²) in [7, 11) is 4.82. The summed E-state index contributed by atoms with van der Waals surface area (Å²) < 4.78 is 16.4. The van der Waals surface area contributed by atoms with Crippen LogP contribution in [0.1, 0.15) is 5.56 Å². The molecule has 1 aliphatic heterocycles. The van der Waals surface area contributed by atoms with Gasteiger partial charge in [-0.25, -0.2) is 4.79 Å². The number of benzene rings is 2. The lowest BCUT2D eigenvalue weighted by Gasteiger charge is -2.35. The molecule has 156 valence electrons. The number of rotatable bonds is 6. The maximum Gasteiger partial charge on any atom is 0.321 e. The van der Waals surface area contributed by atoms with Crippen LogP contribution in [0.25, 0.3) is 0 Å². The van der Waals surface area contributed by atoms with Gasteiger partial charge in [-0.15, -0.1) is 0 Å². The fourth-order valence-corrected chi connectivity index (χ4v) is 3.60. The van der Waals surface area contributed by atoms with Crippen molar-refractivity contribution in [3.8, 4) is 17.2 Å². The Labute approximate surface area is 176 Å². The zero-order valence-electron chi connectivity index (χ0n) is 16.9. The fourth-order valence-electron chi connectivity index (χ4n) is 3.41. The van der Waals surface area contributed by atoms with Crippen molar-refractivity contribution in [3.05, 3.63) is 47.0 Å². The summed E-state index contributed by atoms with van der Waals surface area (Å²) in [6.45, 7) is 3.51. The zero-order chi connectivity index (χ0) is 20.8. The van der Waals surface area contributed by atoms with Crippen LogP contribution in [0.5, 0.6) is 17.2 Å². The molecule has 1 saturated heterocycles. The second-order valence-corrected chi connectivity index (χ2v) is 7.13. The van der Waals surface area contributed by atoms with Crippen LogP contribution in [0.2, 0.25) is 5.02 Å². The topological polar surface area (TPSA) is 63.3 Å². The van der Waals surface area contributed by atoms with E-state index in [9.17, 15) is 4.79 Å². The van der Waals surface area contributed by atoms with Crippen molar-refractivity contribution < 1.29 is 19.0 Å². The van der Waals surface area contributed by atoms with E-state index in [0.717, 1.165) is 18.7 Å². The molecule has 0 atom stereocenters. The van der Waals surface area contributed by atoms with Crippen molar-refractivity contribution in [1.29, 1.82) is 0 Å². The van der Waals surface area contributed by atoms with Crippen molar-refractivity contribution in [1.82, 2.24) is 9.80 Å². The quantitative estimate of drug-likeness (QED) is 0.773. The smallest absolute Gasteiger partial charge is 0.321 e. The molecule has 0 saturated carbocycles. The number of carbonyl (C=O) groups is 1. The van der Waals surface area contributed by atoms with Crippen LogP contribution in [0, 0.1) is 0 Å². The van der Waals surface area contributed by atoms with Crippen molar-refractivity contribution in [2.45, 2.75) is 6.54 Å². The second-order valence-electron chi connectivity index (χ2n) is 6.70. The van der Waals surface area contributed by atoms with E-state index in [2.05, 4.69) is 10.2 Å². The largest absolute Gasteiger partial charge is 0.493 e. The van der Waals surface area contributed by atoms with Crippen molar-refractivity contribution >= 4 is 23.3 Å². The average molecular weight is 420 g/mol. The van der Waals surface area contributed by atoms with E-state index in [0.29, 0.717) is 47.6 Å². The molecule has 1 fully saturated rings. The molecule has 0 unspecified atom stereocenters. The average Bonchev–Trinajstić information content (AvgIpc) is 2.73. The lowest BCUT2D eigenvalue weighted by Crippen LogP contribution is -2.49. The summed E-state index contributed by atoms with van der Waals surface area (Å²) in [5, 5.41) is 3.49. The van der Waals surface area contributed by atoms with Crippen LogP contribution in [-0.4, -0.2) is 63.3 Å². The number of nitrogens with zero attached hydrogens (tertiary/aromatic N) is 2. The number of nitrogens with one attached hydrogen (secondary N) is 1. The molecular formula is C21H26ClN3O4. The number of hydrogen-bond acceptors (Lipinski definition) is 5. The number of anilines is 1. The third kappa shape index (κ3) is 5.05. The molecule has 7 nitrogen and oxygen atoms in total. The first-order valence-corrected chi connectivity index (χ1v) is 9.75. The van der Waals surface area contributed by atoms with E-state index in [1.165, 1.54) is 0 Å². The number of piperazine rings is 1. The SMILES string of the molecule is COc1ccc(CN2CCN(C(=O)Nc3cccc(Cl)c3)CC2)c(OC)c1OC. The van der Waals surface area contributed by atoms with Crippen LogP contribution in [0.15, 0.2) is 36.4 Å². The van der Waals surface area contributed by atoms with Gasteiger partial charge in [-0.1, -0.05) is 23.7 Å². The van der Waals surface area contributed by atoms with Gasteiger partial charge in [-0.2, -0.15) is 0 Å². The fraction of sp³-hybridized carbons (Fsp3) is 0.381. The molecule has 3 rings (SSSR count). The first-order valence-electron chi connectivity index (χ1n) is 9.37. The van der Waals surface area contributed by atoms with Gasteiger partial charge in [-0.05, 0) is 24.3 Å². The van der Waals surface area contributed by atoms with Gasteiger partial charge in [0.15, 0.2) is 11.5 Å². The Balaban J connectivity index is 1.59. The van der Waals surface area contributed by atoms with Gasteiger partial charge in [0.05, 0.1) is 21.3 Å². The van der Waals surface area contributed by atoms with Gasteiger partial charge >= 0.3 is 6.03 Å². The molecule has 0 bridgehead atoms. The van der Waals surface area contributed by atoms with E-state index in [4.69, 9.17) is 25.8 Å². The lowest BCUT2D eigenvalue weighted by molar-refractivity contribution is 0.142. The minimum Gasteiger partial charge on any atom is -0.493 e. The Kier molecular flexibility index (Phi) is 7.06. The van der Waals surface area contributed by atoms with Gasteiger partial charge in [-0.3, -0.25) is 4.90 Å². The Bertz CT molecular complexity index is 854. The molecule has 0 aromatic heterocycles. The van der Waals surface area contributed by atoms with Gasteiger partial charge in [0.1, 0.15) is 0 Å². The standard InChI is InChI=1S/C21H26ClN3O4/c1-27-18-8-7-15(19(28-2)20(18)29-3)14-24-9-11-25(12-10-24)21(26)23-17-6-4-5-16(22)13-17/h4-8,13H,9-12,14H2,1-3H3,(H,23,26). The molecule has 1 heterocycles. The Hall–Kier alpha value is -2.64. The number of amides is 2. The van der Waals surface area contributed by atoms with Crippen molar-refractivity contribution in [2.24, 2.45) is 0 Å². The molecule has 0 spiro atoms. The summed E-state index contributed by atoms with van der Waals surface area (Å²) in [6, 6.07) is 10.9. The molecule has 2 aromatic carbocycles. The minimum absolute atomic E-state index is 0.115. The monoisotopic (exact) mass is 419 g/mol. The van der Waals surface area contributed by atoms with Crippen LogP contribution >= 0.6 is 11.6 Å². The highest BCUT2D eigenvalue weighted by atomic mass is 35.5. The van der Waals surface area contributed by atoms with E-state index < -0.39 is 0 Å². The maximum atomic E-state index is 12.5. The van der Waals surface area contributed by atoms with Gasteiger partial charge in [0, 0.05) is 49.0 Å². The summed E-state index contributed by atoms with van der Waals surface area (Å²) in [5.41, 5.74) is 1.71. The third-order valence-electron chi connectivity index (χ3n) is 4.92. The maximum absolute atomic E-state index is 12.5. The van der Waals surface area contributed by atoms with E-state index >= 15 is 0 Å². The van der Waals surface area contributed by atoms with Gasteiger partial charge < -0.3 is 24.4 Å². The van der Waals surface area contributed by atoms with Crippen LogP contribution < -0.4 is 19.5 Å². The molecule has 2 amide bonds. The first-order chi connectivity index (χ1) is 14.0. The van der Waals surface area contributed by atoms with Crippen LogP contribution in [-0.2, 0) is 6.54 Å². The Morgan fingerprint density at radius 3 is 2.34 bits per heavy atom. The first kappa shape index (κ1) is 21.1. The zero-order valence-corrected chi connectivity index (χ0v) is 17.7. The summed E-state index contributed by atoms with van der Waals surface area (Å²) >= 11 is 5.98. The highest BCUT2D eigenvalue weighted by Crippen LogP contribution is 2.40. The van der Waals surface area contributed by atoms with Crippen molar-refractivity contribution in [3.63, 3.8) is 0 Å². The van der Waals surface area contributed by atoms with Crippen LogP contribution in [0.3, 0.4) is 0 Å². The molecule has 1 N–H and O–H groups in total. The molecule has 0 aliphatic carbocycles. The highest BCUT2D eigenvalue weighted by Gasteiger charge is 2.23. The van der Waals surface area contributed by atoms with E-state index in [1.807, 2.05) is 29.2 Å². The summed E-state index contributed by atoms with van der Waals surface area (Å²) in [4.78, 5) is 16.6. The predicted molar refractivity (Wildman–Crippen MR) is 113 cm³/mol. The minimum atomic E-state index is -0.115. The number of methoxy groups -OCH3 is 3. The van der Waals surface area contributed by atoms with Gasteiger partial charge in [0.25, 0.3) is 0 Å². The number of halogens is 1. The highest BCUT2D eigenvalue weighted by molar-refractivity contribution is 6.30. The predicted octanol–water partition coefficient (Wildman–Crippen LogP) is 3.72. The van der Waals surface area contributed by atoms with Crippen LogP contribution in [0.4, 0.5) is 10.5 Å².